The number of nitrogens with one attached hydrogen (secondary N) is 1. The van der Waals surface area contributed by atoms with E-state index in [2.05, 4.69) is 10.3 Å². The van der Waals surface area contributed by atoms with Crippen LogP contribution >= 0.6 is 7.60 Å². The number of rotatable bonds is 7. The fourth-order valence-corrected chi connectivity index (χ4v) is 3.16. The fourth-order valence-electron chi connectivity index (χ4n) is 1.68. The number of aromatic nitrogens is 1. The van der Waals surface area contributed by atoms with Gasteiger partial charge in [0, 0.05) is 12.7 Å². The maximum absolute atomic E-state index is 12.6. The fraction of sp³-hybridized carbons (Fsp3) is 0.600. The quantitative estimate of drug-likeness (QED) is 0.765. The minimum absolute atomic E-state index is 0.252. The summed E-state index contributed by atoms with van der Waals surface area (Å²) in [7, 11) is -3.38. The smallest absolute Gasteiger partial charge is 0.407 e. The van der Waals surface area contributed by atoms with Crippen molar-refractivity contribution in [2.45, 2.75) is 46.8 Å². The van der Waals surface area contributed by atoms with Gasteiger partial charge < -0.3 is 19.1 Å². The van der Waals surface area contributed by atoms with E-state index in [1.807, 2.05) is 0 Å². The second-order valence-electron chi connectivity index (χ2n) is 5.71. The molecule has 0 aromatic carbocycles. The zero-order chi connectivity index (χ0) is 17.5. The highest BCUT2D eigenvalue weighted by Crippen LogP contribution is 2.45. The zero-order valence-corrected chi connectivity index (χ0v) is 15.2. The summed E-state index contributed by atoms with van der Waals surface area (Å²) in [6, 6.07) is 3.29. The zero-order valence-electron chi connectivity index (χ0n) is 14.3. The molecule has 0 radical (unpaired) electrons. The van der Waals surface area contributed by atoms with Gasteiger partial charge in [0.1, 0.15) is 5.60 Å². The third-order valence-corrected chi connectivity index (χ3v) is 4.55. The number of alkyl carbamates (subject to hydrolysis) is 1. The molecule has 0 aliphatic rings. The molecule has 0 atom stereocenters. The van der Waals surface area contributed by atoms with Gasteiger partial charge in [-0.3, -0.25) is 4.57 Å². The van der Waals surface area contributed by atoms with E-state index in [1.165, 1.54) is 6.20 Å². The molecule has 0 unspecified atom stereocenters. The van der Waals surface area contributed by atoms with E-state index in [0.29, 0.717) is 0 Å². The Morgan fingerprint density at radius 1 is 1.22 bits per heavy atom. The van der Waals surface area contributed by atoms with E-state index < -0.39 is 19.3 Å². The summed E-state index contributed by atoms with van der Waals surface area (Å²) in [4.78, 5) is 15.7. The van der Waals surface area contributed by atoms with Crippen LogP contribution < -0.4 is 10.8 Å². The lowest BCUT2D eigenvalue weighted by Crippen LogP contribution is -2.32. The van der Waals surface area contributed by atoms with Crippen LogP contribution in [0.15, 0.2) is 18.3 Å². The van der Waals surface area contributed by atoms with Gasteiger partial charge in [-0.15, -0.1) is 0 Å². The Balaban J connectivity index is 2.69. The van der Waals surface area contributed by atoms with E-state index >= 15 is 0 Å². The highest BCUT2D eigenvalue weighted by molar-refractivity contribution is 7.61. The summed E-state index contributed by atoms with van der Waals surface area (Å²) < 4.78 is 28.2. The molecule has 8 heteroatoms. The highest BCUT2D eigenvalue weighted by atomic mass is 31.2. The number of nitrogens with zero attached hydrogens (tertiary/aromatic N) is 1. The Hall–Kier alpha value is -1.43. The summed E-state index contributed by atoms with van der Waals surface area (Å²) >= 11 is 0. The van der Waals surface area contributed by atoms with Crippen molar-refractivity contribution in [3.63, 3.8) is 0 Å². The van der Waals surface area contributed by atoms with E-state index in [-0.39, 0.29) is 25.2 Å². The second kappa shape index (κ2) is 8.43. The monoisotopic (exact) mass is 344 g/mol. The number of pyridine rings is 1. The largest absolute Gasteiger partial charge is 0.444 e. The van der Waals surface area contributed by atoms with Gasteiger partial charge >= 0.3 is 13.7 Å². The van der Waals surface area contributed by atoms with Gasteiger partial charge in [0.25, 0.3) is 0 Å². The average Bonchev–Trinajstić information content (AvgIpc) is 2.44. The molecule has 1 N–H and O–H groups in total. The molecule has 0 aliphatic carbocycles. The summed E-state index contributed by atoms with van der Waals surface area (Å²) in [6.45, 7) is 9.65. The Morgan fingerprint density at radius 3 is 2.26 bits per heavy atom. The molecule has 1 aromatic rings. The van der Waals surface area contributed by atoms with Crippen molar-refractivity contribution in [3.05, 3.63) is 23.9 Å². The normalized spacial score (nSPS) is 12.0. The Morgan fingerprint density at radius 2 is 1.83 bits per heavy atom. The Kier molecular flexibility index (Phi) is 7.19. The van der Waals surface area contributed by atoms with Crippen molar-refractivity contribution in [2.75, 3.05) is 13.2 Å². The van der Waals surface area contributed by atoms with Gasteiger partial charge in [-0.1, -0.05) is 6.07 Å². The van der Waals surface area contributed by atoms with Gasteiger partial charge in [0.2, 0.25) is 0 Å². The van der Waals surface area contributed by atoms with E-state index in [9.17, 15) is 9.36 Å². The molecule has 0 spiro atoms. The van der Waals surface area contributed by atoms with Crippen LogP contribution in [0.5, 0.6) is 0 Å². The van der Waals surface area contributed by atoms with Crippen molar-refractivity contribution in [2.24, 2.45) is 0 Å². The maximum Gasteiger partial charge on any atom is 0.407 e. The predicted octanol–water partition coefficient (Wildman–Crippen LogP) is 3.00. The lowest BCUT2D eigenvalue weighted by atomic mass is 10.2. The molecule has 1 amide bonds. The summed E-state index contributed by atoms with van der Waals surface area (Å²) in [5.74, 6) is 0. The van der Waals surface area contributed by atoms with Crippen LogP contribution in [0.1, 0.15) is 40.2 Å². The molecule has 0 saturated carbocycles. The topological polar surface area (TPSA) is 86.8 Å². The molecule has 0 aliphatic heterocycles. The molecule has 1 heterocycles. The number of carbonyl (C=O) groups excluding carboxylic acids is 1. The second-order valence-corrected chi connectivity index (χ2v) is 7.68. The molecule has 1 aromatic heterocycles. The molecule has 7 nitrogen and oxygen atoms in total. The van der Waals surface area contributed by atoms with Crippen LogP contribution in [0.3, 0.4) is 0 Å². The molecule has 1 rings (SSSR count). The van der Waals surface area contributed by atoms with Crippen molar-refractivity contribution in [1.82, 2.24) is 10.3 Å². The number of hydrogen-bond acceptors (Lipinski definition) is 6. The predicted molar refractivity (Wildman–Crippen MR) is 87.8 cm³/mol. The van der Waals surface area contributed by atoms with E-state index in [0.717, 1.165) is 5.56 Å². The van der Waals surface area contributed by atoms with E-state index in [4.69, 9.17) is 13.8 Å². The first-order valence-electron chi connectivity index (χ1n) is 7.51. The van der Waals surface area contributed by atoms with Crippen LogP contribution in [0, 0.1) is 0 Å². The third-order valence-electron chi connectivity index (χ3n) is 2.52. The first kappa shape index (κ1) is 19.6. The molecular formula is C15H25N2O5P. The molecule has 0 saturated heterocycles. The van der Waals surface area contributed by atoms with Crippen LogP contribution in [-0.4, -0.2) is 29.9 Å². The van der Waals surface area contributed by atoms with Gasteiger partial charge in [0.15, 0.2) is 5.44 Å². The van der Waals surface area contributed by atoms with Crippen molar-refractivity contribution < 1.29 is 23.1 Å². The molecule has 130 valence electrons. The molecular weight excluding hydrogens is 319 g/mol. The van der Waals surface area contributed by atoms with Crippen LogP contribution in [0.2, 0.25) is 0 Å². The lowest BCUT2D eigenvalue weighted by Gasteiger charge is -2.19. The van der Waals surface area contributed by atoms with Gasteiger partial charge in [-0.05, 0) is 46.2 Å². The number of carbonyl (C=O) groups is 1. The number of ether oxygens (including phenoxy) is 1. The van der Waals surface area contributed by atoms with Crippen LogP contribution in [-0.2, 0) is 24.9 Å². The van der Waals surface area contributed by atoms with Gasteiger partial charge in [-0.25, -0.2) is 9.78 Å². The van der Waals surface area contributed by atoms with Crippen molar-refractivity contribution in [3.8, 4) is 0 Å². The third kappa shape index (κ3) is 6.69. The standard InChI is InChI=1S/C15H25N2O5P/c1-6-20-23(19,21-7-2)13-9-8-12(10-16-13)11-17-14(18)22-15(3,4)5/h8-10H,6-7,11H2,1-5H3,(H,17,18). The SMILES string of the molecule is CCOP(=O)(OCC)c1ccc(CNC(=O)OC(C)(C)C)cn1. The molecule has 0 bridgehead atoms. The average molecular weight is 344 g/mol. The highest BCUT2D eigenvalue weighted by Gasteiger charge is 2.28. The van der Waals surface area contributed by atoms with Gasteiger partial charge in [0.05, 0.1) is 13.2 Å². The van der Waals surface area contributed by atoms with E-state index in [1.54, 1.807) is 46.8 Å². The van der Waals surface area contributed by atoms with Crippen LogP contribution in [0.4, 0.5) is 4.79 Å². The lowest BCUT2D eigenvalue weighted by molar-refractivity contribution is 0.0523. The summed E-state index contributed by atoms with van der Waals surface area (Å²) in [6.07, 6.45) is 1.02. The number of amides is 1. The number of hydrogen-bond donors (Lipinski definition) is 1. The van der Waals surface area contributed by atoms with Crippen molar-refractivity contribution >= 4 is 19.1 Å². The Bertz CT molecular complexity index is 544. The minimum Gasteiger partial charge on any atom is -0.444 e. The molecule has 0 fully saturated rings. The van der Waals surface area contributed by atoms with Crippen molar-refractivity contribution in [1.29, 1.82) is 0 Å². The molecule has 23 heavy (non-hydrogen) atoms. The summed E-state index contributed by atoms with van der Waals surface area (Å²) in [5.41, 5.74) is 0.453. The van der Waals surface area contributed by atoms with Gasteiger partial charge in [-0.2, -0.15) is 0 Å². The Labute approximate surface area is 137 Å². The summed E-state index contributed by atoms with van der Waals surface area (Å²) in [5, 5.41) is 2.63. The first-order chi connectivity index (χ1) is 10.7. The maximum atomic E-state index is 12.6. The first-order valence-corrected chi connectivity index (χ1v) is 9.06. The van der Waals surface area contributed by atoms with Crippen LogP contribution in [0.25, 0.3) is 0 Å². The minimum atomic E-state index is -3.38.